The fraction of sp³-hybridized carbons (Fsp3) is 0.0625. The predicted octanol–water partition coefficient (Wildman–Crippen LogP) is 3.54. The molecule has 0 fully saturated rings. The lowest BCUT2D eigenvalue weighted by molar-refractivity contribution is 0.101. The number of Topliss-reactive ketones (excluding diaryl/α,β-unsaturated/α-hetero) is 1. The first-order chi connectivity index (χ1) is 9.20. The molecule has 0 aliphatic rings. The van der Waals surface area contributed by atoms with E-state index in [1.807, 2.05) is 54.6 Å². The van der Waals surface area contributed by atoms with Gasteiger partial charge in [-0.2, -0.15) is 0 Å². The molecular formula is C16H13NO2. The van der Waals surface area contributed by atoms with Gasteiger partial charge in [0.2, 0.25) is 5.88 Å². The van der Waals surface area contributed by atoms with E-state index in [4.69, 9.17) is 0 Å². The number of ketones is 1. The molecule has 0 bridgehead atoms. The second-order valence-corrected chi connectivity index (χ2v) is 4.44. The van der Waals surface area contributed by atoms with Gasteiger partial charge in [-0.15, -0.1) is 0 Å². The van der Waals surface area contributed by atoms with Crippen molar-refractivity contribution in [3.63, 3.8) is 0 Å². The lowest BCUT2D eigenvalue weighted by atomic mass is 10.1. The van der Waals surface area contributed by atoms with Crippen LogP contribution in [0.5, 0.6) is 5.88 Å². The number of hydrogen-bond donors (Lipinski definition) is 1. The number of fused-ring (bicyclic) bond motifs is 1. The Morgan fingerprint density at radius 2 is 1.63 bits per heavy atom. The number of benzene rings is 2. The van der Waals surface area contributed by atoms with E-state index < -0.39 is 0 Å². The monoisotopic (exact) mass is 251 g/mol. The van der Waals surface area contributed by atoms with Crippen LogP contribution in [0.3, 0.4) is 0 Å². The van der Waals surface area contributed by atoms with E-state index in [-0.39, 0.29) is 11.7 Å². The summed E-state index contributed by atoms with van der Waals surface area (Å²) in [5.74, 6) is -0.136. The summed E-state index contributed by atoms with van der Waals surface area (Å²) in [7, 11) is 0. The van der Waals surface area contributed by atoms with Gasteiger partial charge in [0.25, 0.3) is 0 Å². The topological polar surface area (TPSA) is 42.2 Å². The lowest BCUT2D eigenvalue weighted by Gasteiger charge is -2.06. The van der Waals surface area contributed by atoms with Crippen molar-refractivity contribution in [3.8, 4) is 11.6 Å². The first kappa shape index (κ1) is 11.5. The summed E-state index contributed by atoms with van der Waals surface area (Å²) in [6.45, 7) is 1.47. The molecule has 0 unspecified atom stereocenters. The Hall–Kier alpha value is -2.55. The van der Waals surface area contributed by atoms with Crippen LogP contribution in [0.25, 0.3) is 16.6 Å². The molecule has 0 saturated heterocycles. The standard InChI is InChI=1S/C16H13NO2/c1-11(18)15-13-9-5-6-10-14(13)17(16(15)19)12-7-3-2-4-8-12/h2-10,19H,1H3. The minimum atomic E-state index is -0.136. The summed E-state index contributed by atoms with van der Waals surface area (Å²) in [5.41, 5.74) is 2.04. The molecular weight excluding hydrogens is 238 g/mol. The third-order valence-corrected chi connectivity index (χ3v) is 3.22. The molecule has 94 valence electrons. The van der Waals surface area contributed by atoms with Gasteiger partial charge in [0, 0.05) is 11.1 Å². The van der Waals surface area contributed by atoms with Gasteiger partial charge in [-0.05, 0) is 25.1 Å². The van der Waals surface area contributed by atoms with Crippen LogP contribution in [0.2, 0.25) is 0 Å². The zero-order valence-electron chi connectivity index (χ0n) is 10.5. The summed E-state index contributed by atoms with van der Waals surface area (Å²) in [6, 6.07) is 17.0. The maximum Gasteiger partial charge on any atom is 0.207 e. The van der Waals surface area contributed by atoms with Crippen LogP contribution in [-0.4, -0.2) is 15.5 Å². The Balaban J connectivity index is 2.43. The van der Waals surface area contributed by atoms with Crippen molar-refractivity contribution < 1.29 is 9.90 Å². The molecule has 1 heterocycles. The van der Waals surface area contributed by atoms with Crippen LogP contribution in [0.15, 0.2) is 54.6 Å². The molecule has 0 atom stereocenters. The molecule has 3 rings (SSSR count). The van der Waals surface area contributed by atoms with Gasteiger partial charge in [-0.3, -0.25) is 9.36 Å². The first-order valence-electron chi connectivity index (χ1n) is 6.09. The van der Waals surface area contributed by atoms with Gasteiger partial charge in [-0.25, -0.2) is 0 Å². The van der Waals surface area contributed by atoms with Crippen molar-refractivity contribution in [2.24, 2.45) is 0 Å². The molecule has 3 nitrogen and oxygen atoms in total. The number of nitrogens with zero attached hydrogens (tertiary/aromatic N) is 1. The van der Waals surface area contributed by atoms with E-state index in [0.29, 0.717) is 5.56 Å². The van der Waals surface area contributed by atoms with Gasteiger partial charge >= 0.3 is 0 Å². The molecule has 1 N–H and O–H groups in total. The van der Waals surface area contributed by atoms with Crippen LogP contribution in [0.4, 0.5) is 0 Å². The Morgan fingerprint density at radius 1 is 1.00 bits per heavy atom. The fourth-order valence-electron chi connectivity index (χ4n) is 2.41. The summed E-state index contributed by atoms with van der Waals surface area (Å²) in [6.07, 6.45) is 0. The molecule has 3 heteroatoms. The van der Waals surface area contributed by atoms with Crippen LogP contribution in [-0.2, 0) is 0 Å². The molecule has 0 aliphatic carbocycles. The van der Waals surface area contributed by atoms with Gasteiger partial charge in [0.1, 0.15) is 0 Å². The number of para-hydroxylation sites is 2. The molecule has 2 aromatic carbocycles. The third kappa shape index (κ3) is 1.71. The van der Waals surface area contributed by atoms with Crippen molar-refractivity contribution in [2.45, 2.75) is 6.92 Å². The molecule has 3 aromatic rings. The SMILES string of the molecule is CC(=O)c1c(O)n(-c2ccccc2)c2ccccc12. The molecule has 0 radical (unpaired) electrons. The van der Waals surface area contributed by atoms with Crippen LogP contribution >= 0.6 is 0 Å². The Labute approximate surface area is 110 Å². The van der Waals surface area contributed by atoms with E-state index in [9.17, 15) is 9.90 Å². The maximum absolute atomic E-state index is 11.8. The van der Waals surface area contributed by atoms with Crippen LogP contribution in [0.1, 0.15) is 17.3 Å². The van der Waals surface area contributed by atoms with Crippen LogP contribution < -0.4 is 0 Å². The minimum Gasteiger partial charge on any atom is -0.494 e. The third-order valence-electron chi connectivity index (χ3n) is 3.22. The normalized spacial score (nSPS) is 10.8. The van der Waals surface area contributed by atoms with Gasteiger partial charge in [0.15, 0.2) is 5.78 Å². The van der Waals surface area contributed by atoms with Gasteiger partial charge < -0.3 is 5.11 Å². The predicted molar refractivity (Wildman–Crippen MR) is 74.9 cm³/mol. The number of hydrogen-bond acceptors (Lipinski definition) is 2. The molecule has 1 aromatic heterocycles. The first-order valence-corrected chi connectivity index (χ1v) is 6.09. The van der Waals surface area contributed by atoms with Gasteiger partial charge in [-0.1, -0.05) is 36.4 Å². The van der Waals surface area contributed by atoms with E-state index >= 15 is 0 Å². The number of aromatic hydroxyl groups is 1. The summed E-state index contributed by atoms with van der Waals surface area (Å²) >= 11 is 0. The summed E-state index contributed by atoms with van der Waals surface area (Å²) < 4.78 is 1.70. The van der Waals surface area contributed by atoms with Crippen LogP contribution in [0, 0.1) is 0 Å². The van der Waals surface area contributed by atoms with Crippen molar-refractivity contribution in [3.05, 3.63) is 60.2 Å². The summed E-state index contributed by atoms with van der Waals surface area (Å²) in [5, 5.41) is 11.2. The molecule has 0 spiro atoms. The van der Waals surface area contributed by atoms with Crippen molar-refractivity contribution in [1.82, 2.24) is 4.57 Å². The number of aromatic nitrogens is 1. The second-order valence-electron chi connectivity index (χ2n) is 4.44. The zero-order valence-corrected chi connectivity index (χ0v) is 10.5. The highest BCUT2D eigenvalue weighted by Crippen LogP contribution is 2.34. The van der Waals surface area contributed by atoms with Crippen molar-refractivity contribution in [1.29, 1.82) is 0 Å². The van der Waals surface area contributed by atoms with Crippen molar-refractivity contribution >= 4 is 16.7 Å². The summed E-state index contributed by atoms with van der Waals surface area (Å²) in [4.78, 5) is 11.8. The van der Waals surface area contributed by atoms with Gasteiger partial charge in [0.05, 0.1) is 11.1 Å². The minimum absolute atomic E-state index is 0.0000926. The van der Waals surface area contributed by atoms with E-state index in [1.54, 1.807) is 4.57 Å². The maximum atomic E-state index is 11.8. The van der Waals surface area contributed by atoms with Crippen molar-refractivity contribution in [2.75, 3.05) is 0 Å². The molecule has 0 amide bonds. The lowest BCUT2D eigenvalue weighted by Crippen LogP contribution is -1.94. The quantitative estimate of drug-likeness (QED) is 0.708. The number of rotatable bonds is 2. The average Bonchev–Trinajstić information content (AvgIpc) is 2.71. The van der Waals surface area contributed by atoms with E-state index in [2.05, 4.69) is 0 Å². The number of carbonyl (C=O) groups is 1. The van der Waals surface area contributed by atoms with E-state index in [0.717, 1.165) is 16.6 Å². The smallest absolute Gasteiger partial charge is 0.207 e. The molecule has 0 aliphatic heterocycles. The Bertz CT molecular complexity index is 757. The number of carbonyl (C=O) groups excluding carboxylic acids is 1. The average molecular weight is 251 g/mol. The Morgan fingerprint density at radius 3 is 2.32 bits per heavy atom. The molecule has 19 heavy (non-hydrogen) atoms. The molecule has 0 saturated carbocycles. The zero-order chi connectivity index (χ0) is 13.4. The highest BCUT2D eigenvalue weighted by molar-refractivity contribution is 6.10. The van der Waals surface area contributed by atoms with E-state index in [1.165, 1.54) is 6.92 Å². The highest BCUT2D eigenvalue weighted by Gasteiger charge is 2.19. The second kappa shape index (κ2) is 4.28. The highest BCUT2D eigenvalue weighted by atomic mass is 16.3. The Kier molecular flexibility index (Phi) is 2.60. The fourth-order valence-corrected chi connectivity index (χ4v) is 2.41. The largest absolute Gasteiger partial charge is 0.494 e.